The van der Waals surface area contributed by atoms with Gasteiger partial charge in [0.15, 0.2) is 0 Å². The average Bonchev–Trinajstić information content (AvgIpc) is 3.19. The first-order valence-corrected chi connectivity index (χ1v) is 9.41. The van der Waals surface area contributed by atoms with Gasteiger partial charge < -0.3 is 9.47 Å². The highest BCUT2D eigenvalue weighted by Gasteiger charge is 2.34. The van der Waals surface area contributed by atoms with Gasteiger partial charge in [-0.15, -0.1) is 6.42 Å². The van der Waals surface area contributed by atoms with Crippen molar-refractivity contribution in [1.29, 1.82) is 0 Å². The van der Waals surface area contributed by atoms with Gasteiger partial charge in [0.05, 0.1) is 17.6 Å². The van der Waals surface area contributed by atoms with Crippen LogP contribution < -0.4 is 4.74 Å². The third-order valence-corrected chi connectivity index (χ3v) is 5.47. The highest BCUT2D eigenvalue weighted by atomic mass is 35.5. The highest BCUT2D eigenvalue weighted by molar-refractivity contribution is 8.26. The van der Waals surface area contributed by atoms with Crippen LogP contribution in [0.25, 0.3) is 6.08 Å². The van der Waals surface area contributed by atoms with Crippen molar-refractivity contribution >= 4 is 51.9 Å². The van der Waals surface area contributed by atoms with Crippen LogP contribution in [0.4, 0.5) is 0 Å². The lowest BCUT2D eigenvalue weighted by atomic mass is 10.1. The Morgan fingerprint density at radius 2 is 2.40 bits per heavy atom. The van der Waals surface area contributed by atoms with Crippen molar-refractivity contribution in [2.24, 2.45) is 0 Å². The van der Waals surface area contributed by atoms with Crippen LogP contribution in [0.2, 0.25) is 5.02 Å². The lowest BCUT2D eigenvalue weighted by Gasteiger charge is -2.18. The minimum absolute atomic E-state index is 0.0579. The van der Waals surface area contributed by atoms with Crippen molar-refractivity contribution in [2.75, 3.05) is 19.8 Å². The van der Waals surface area contributed by atoms with Gasteiger partial charge in [-0.05, 0) is 37.1 Å². The smallest absolute Gasteiger partial charge is 0.266 e. The highest BCUT2D eigenvalue weighted by Crippen LogP contribution is 2.35. The Labute approximate surface area is 161 Å². The molecule has 2 aliphatic rings. The topological polar surface area (TPSA) is 38.8 Å². The summed E-state index contributed by atoms with van der Waals surface area (Å²) in [6.45, 7) is 1.38. The van der Waals surface area contributed by atoms with E-state index in [4.69, 9.17) is 39.7 Å². The van der Waals surface area contributed by atoms with Crippen molar-refractivity contribution in [1.82, 2.24) is 4.90 Å². The number of terminal acetylenes is 1. The van der Waals surface area contributed by atoms with E-state index < -0.39 is 0 Å². The molecule has 1 atom stereocenters. The third kappa shape index (κ3) is 4.36. The van der Waals surface area contributed by atoms with E-state index in [1.807, 2.05) is 0 Å². The fourth-order valence-electron chi connectivity index (χ4n) is 2.67. The molecule has 2 aliphatic heterocycles. The van der Waals surface area contributed by atoms with Gasteiger partial charge in [-0.2, -0.15) is 0 Å². The van der Waals surface area contributed by atoms with E-state index in [0.29, 0.717) is 32.1 Å². The number of carbonyl (C=O) groups is 1. The first kappa shape index (κ1) is 18.3. The Balaban J connectivity index is 1.81. The number of hydrogen-bond acceptors (Lipinski definition) is 5. The monoisotopic (exact) mass is 393 g/mol. The summed E-state index contributed by atoms with van der Waals surface area (Å²) >= 11 is 12.7. The molecule has 2 saturated heterocycles. The van der Waals surface area contributed by atoms with E-state index >= 15 is 0 Å². The minimum atomic E-state index is -0.117. The second-order valence-corrected chi connectivity index (χ2v) is 7.71. The van der Waals surface area contributed by atoms with Gasteiger partial charge in [-0.1, -0.05) is 41.5 Å². The molecule has 1 aromatic carbocycles. The summed E-state index contributed by atoms with van der Waals surface area (Å²) in [6.07, 6.45) is 9.02. The number of benzene rings is 1. The third-order valence-electron chi connectivity index (χ3n) is 3.85. The molecule has 3 rings (SSSR count). The fourth-order valence-corrected chi connectivity index (χ4v) is 4.12. The summed E-state index contributed by atoms with van der Waals surface area (Å²) in [5, 5.41) is 0.550. The van der Waals surface area contributed by atoms with Gasteiger partial charge in [0.2, 0.25) is 0 Å². The molecule has 0 bridgehead atoms. The summed E-state index contributed by atoms with van der Waals surface area (Å²) in [7, 11) is 0. The van der Waals surface area contributed by atoms with Crippen LogP contribution >= 0.6 is 35.6 Å². The number of nitrogens with zero attached hydrogens (tertiary/aromatic N) is 1. The maximum Gasteiger partial charge on any atom is 0.266 e. The predicted octanol–water partition coefficient (Wildman–Crippen LogP) is 3.73. The lowest BCUT2D eigenvalue weighted by Crippen LogP contribution is -2.35. The molecule has 0 N–H and O–H groups in total. The summed E-state index contributed by atoms with van der Waals surface area (Å²) in [6, 6.07) is 5.19. The van der Waals surface area contributed by atoms with Crippen LogP contribution in [-0.2, 0) is 9.53 Å². The molecule has 130 valence electrons. The van der Waals surface area contributed by atoms with Gasteiger partial charge >= 0.3 is 0 Å². The van der Waals surface area contributed by atoms with Crippen LogP contribution in [0.3, 0.4) is 0 Å². The van der Waals surface area contributed by atoms with E-state index in [1.165, 1.54) is 11.8 Å². The van der Waals surface area contributed by atoms with Gasteiger partial charge in [-0.25, -0.2) is 0 Å². The molecule has 0 unspecified atom stereocenters. The number of halogens is 1. The van der Waals surface area contributed by atoms with E-state index in [9.17, 15) is 4.79 Å². The minimum Gasteiger partial charge on any atom is -0.480 e. The number of thiocarbonyl (C=S) groups is 1. The van der Waals surface area contributed by atoms with Crippen LogP contribution in [0.1, 0.15) is 18.4 Å². The largest absolute Gasteiger partial charge is 0.480 e. The second kappa shape index (κ2) is 8.24. The molecular formula is C18H16ClNO3S2. The molecule has 0 spiro atoms. The summed E-state index contributed by atoms with van der Waals surface area (Å²) in [5.41, 5.74) is 0.695. The van der Waals surface area contributed by atoms with Crippen LogP contribution in [0.15, 0.2) is 23.1 Å². The summed E-state index contributed by atoms with van der Waals surface area (Å²) in [4.78, 5) is 14.8. The summed E-state index contributed by atoms with van der Waals surface area (Å²) in [5.74, 6) is 2.88. The fraction of sp³-hybridized carbons (Fsp3) is 0.333. The first-order chi connectivity index (χ1) is 12.1. The number of hydrogen-bond donors (Lipinski definition) is 0. The standard InChI is InChI=1S/C18H16ClNO3S2/c1-2-7-23-15-6-5-13(19)9-12(15)10-16-17(21)20(18(24)25-16)11-14-4-3-8-22-14/h1,5-6,9-10,14H,3-4,7-8,11H2/b16-10-/t14-/m0/s1. The molecule has 7 heteroatoms. The Hall–Kier alpha value is -1.52. The van der Waals surface area contributed by atoms with Crippen molar-refractivity contribution < 1.29 is 14.3 Å². The summed E-state index contributed by atoms with van der Waals surface area (Å²) < 4.78 is 11.7. The van der Waals surface area contributed by atoms with E-state index in [0.717, 1.165) is 19.4 Å². The quantitative estimate of drug-likeness (QED) is 0.433. The van der Waals surface area contributed by atoms with Crippen molar-refractivity contribution in [2.45, 2.75) is 18.9 Å². The number of thioether (sulfide) groups is 1. The van der Waals surface area contributed by atoms with E-state index in [1.54, 1.807) is 29.2 Å². The zero-order valence-corrected chi connectivity index (χ0v) is 15.8. The van der Waals surface area contributed by atoms with Gasteiger partial charge in [0, 0.05) is 17.2 Å². The average molecular weight is 394 g/mol. The molecule has 0 saturated carbocycles. The molecule has 2 heterocycles. The SMILES string of the molecule is C#CCOc1ccc(Cl)cc1/C=C1\SC(=S)N(C[C@@H]2CCCO2)C1=O. The Morgan fingerprint density at radius 1 is 1.56 bits per heavy atom. The van der Waals surface area contributed by atoms with Crippen LogP contribution in [-0.4, -0.2) is 41.0 Å². The van der Waals surface area contributed by atoms with Gasteiger partial charge in [0.1, 0.15) is 16.7 Å². The van der Waals surface area contributed by atoms with Crippen LogP contribution in [0.5, 0.6) is 5.75 Å². The van der Waals surface area contributed by atoms with E-state index in [2.05, 4.69) is 5.92 Å². The van der Waals surface area contributed by atoms with Crippen molar-refractivity contribution in [3.63, 3.8) is 0 Å². The molecule has 4 nitrogen and oxygen atoms in total. The van der Waals surface area contributed by atoms with E-state index in [-0.39, 0.29) is 18.6 Å². The number of amides is 1. The molecule has 0 aliphatic carbocycles. The Bertz CT molecular complexity index is 766. The maximum absolute atomic E-state index is 12.7. The lowest BCUT2D eigenvalue weighted by molar-refractivity contribution is -0.123. The molecular weight excluding hydrogens is 378 g/mol. The zero-order valence-electron chi connectivity index (χ0n) is 13.4. The van der Waals surface area contributed by atoms with Crippen LogP contribution in [0, 0.1) is 12.3 Å². The van der Waals surface area contributed by atoms with Crippen molar-refractivity contribution in [3.8, 4) is 18.1 Å². The van der Waals surface area contributed by atoms with Gasteiger partial charge in [-0.3, -0.25) is 9.69 Å². The molecule has 0 radical (unpaired) electrons. The second-order valence-electron chi connectivity index (χ2n) is 5.60. The maximum atomic E-state index is 12.7. The number of rotatable bonds is 5. The molecule has 2 fully saturated rings. The predicted molar refractivity (Wildman–Crippen MR) is 105 cm³/mol. The zero-order chi connectivity index (χ0) is 17.8. The molecule has 1 aromatic rings. The van der Waals surface area contributed by atoms with Gasteiger partial charge in [0.25, 0.3) is 5.91 Å². The molecule has 0 aromatic heterocycles. The normalized spacial score (nSPS) is 21.8. The Kier molecular flexibility index (Phi) is 6.02. The first-order valence-electron chi connectivity index (χ1n) is 7.81. The van der Waals surface area contributed by atoms with Crippen molar-refractivity contribution in [3.05, 3.63) is 33.7 Å². The molecule has 1 amide bonds. The number of carbonyl (C=O) groups excluding carboxylic acids is 1. The number of ether oxygens (including phenoxy) is 2. The molecule has 25 heavy (non-hydrogen) atoms. The Morgan fingerprint density at radius 3 is 3.12 bits per heavy atom.